The van der Waals surface area contributed by atoms with Gasteiger partial charge in [0.25, 0.3) is 0 Å². The Hall–Kier alpha value is -2.58. The first-order valence-electron chi connectivity index (χ1n) is 10.0. The molecule has 2 aromatic heterocycles. The first-order valence-corrected chi connectivity index (χ1v) is 10.4. The SMILES string of the molecule is CCn1cnc2c(NCc3cccc(Cl)c3O)nc(NC3CCC(N)CC3)nc21. The van der Waals surface area contributed by atoms with Crippen molar-refractivity contribution in [2.75, 3.05) is 10.6 Å². The Labute approximate surface area is 174 Å². The lowest BCUT2D eigenvalue weighted by Gasteiger charge is -2.26. The maximum absolute atomic E-state index is 10.2. The van der Waals surface area contributed by atoms with E-state index in [1.165, 1.54) is 0 Å². The second kappa shape index (κ2) is 8.42. The van der Waals surface area contributed by atoms with Crippen molar-refractivity contribution in [1.82, 2.24) is 19.5 Å². The predicted octanol–water partition coefficient (Wildman–Crippen LogP) is 3.50. The molecule has 3 aromatic rings. The number of rotatable bonds is 6. The maximum atomic E-state index is 10.2. The highest BCUT2D eigenvalue weighted by Gasteiger charge is 2.20. The topological polar surface area (TPSA) is 114 Å². The molecule has 0 atom stereocenters. The van der Waals surface area contributed by atoms with E-state index in [1.807, 2.05) is 10.6 Å². The highest BCUT2D eigenvalue weighted by atomic mass is 35.5. The largest absolute Gasteiger partial charge is 0.506 e. The van der Waals surface area contributed by atoms with Gasteiger partial charge >= 0.3 is 0 Å². The average molecular weight is 416 g/mol. The molecular formula is C20H26ClN7O. The van der Waals surface area contributed by atoms with E-state index in [0.717, 1.165) is 37.9 Å². The Morgan fingerprint density at radius 1 is 1.24 bits per heavy atom. The number of hydrogen-bond donors (Lipinski definition) is 4. The number of phenols is 1. The Morgan fingerprint density at radius 3 is 2.79 bits per heavy atom. The smallest absolute Gasteiger partial charge is 0.227 e. The quantitative estimate of drug-likeness (QED) is 0.487. The molecule has 0 amide bonds. The number of benzene rings is 1. The summed E-state index contributed by atoms with van der Waals surface area (Å²) in [7, 11) is 0. The molecule has 154 valence electrons. The van der Waals surface area contributed by atoms with Crippen LogP contribution >= 0.6 is 11.6 Å². The predicted molar refractivity (Wildman–Crippen MR) is 115 cm³/mol. The van der Waals surface area contributed by atoms with Crippen LogP contribution in [0.25, 0.3) is 11.2 Å². The minimum Gasteiger partial charge on any atom is -0.506 e. The van der Waals surface area contributed by atoms with Gasteiger partial charge in [-0.15, -0.1) is 0 Å². The first kappa shape index (κ1) is 19.7. The number of nitrogens with one attached hydrogen (secondary N) is 2. The zero-order valence-corrected chi connectivity index (χ0v) is 17.2. The van der Waals surface area contributed by atoms with Gasteiger partial charge in [-0.3, -0.25) is 0 Å². The summed E-state index contributed by atoms with van der Waals surface area (Å²) in [4.78, 5) is 13.9. The lowest BCUT2D eigenvalue weighted by Crippen LogP contribution is -2.33. The van der Waals surface area contributed by atoms with Gasteiger partial charge in [0.2, 0.25) is 5.95 Å². The van der Waals surface area contributed by atoms with Crippen LogP contribution in [0, 0.1) is 0 Å². The van der Waals surface area contributed by atoms with Gasteiger partial charge in [0.05, 0.1) is 11.3 Å². The fourth-order valence-electron chi connectivity index (χ4n) is 3.69. The van der Waals surface area contributed by atoms with Crippen molar-refractivity contribution in [3.05, 3.63) is 35.1 Å². The molecule has 0 unspecified atom stereocenters. The molecule has 0 saturated heterocycles. The van der Waals surface area contributed by atoms with E-state index in [0.29, 0.717) is 46.5 Å². The number of nitrogens with two attached hydrogens (primary N) is 1. The summed E-state index contributed by atoms with van der Waals surface area (Å²) >= 11 is 6.02. The Morgan fingerprint density at radius 2 is 2.03 bits per heavy atom. The molecule has 1 aromatic carbocycles. The minimum atomic E-state index is 0.0722. The molecule has 0 spiro atoms. The third kappa shape index (κ3) is 4.23. The van der Waals surface area contributed by atoms with Crippen LogP contribution in [-0.2, 0) is 13.1 Å². The van der Waals surface area contributed by atoms with Crippen molar-refractivity contribution in [2.45, 2.75) is 57.8 Å². The number of halogens is 1. The number of phenolic OH excluding ortho intramolecular Hbond substituents is 1. The Balaban J connectivity index is 1.61. The van der Waals surface area contributed by atoms with Crippen molar-refractivity contribution in [2.24, 2.45) is 5.73 Å². The van der Waals surface area contributed by atoms with Crippen LogP contribution in [0.1, 0.15) is 38.2 Å². The van der Waals surface area contributed by atoms with E-state index in [2.05, 4.69) is 27.5 Å². The van der Waals surface area contributed by atoms with E-state index in [1.54, 1.807) is 18.5 Å². The van der Waals surface area contributed by atoms with Gasteiger partial charge in [0.1, 0.15) is 5.75 Å². The lowest BCUT2D eigenvalue weighted by molar-refractivity contribution is 0.410. The number of anilines is 2. The van der Waals surface area contributed by atoms with Crippen molar-refractivity contribution in [3.63, 3.8) is 0 Å². The van der Waals surface area contributed by atoms with E-state index >= 15 is 0 Å². The number of fused-ring (bicyclic) bond motifs is 1. The van der Waals surface area contributed by atoms with E-state index in [9.17, 15) is 5.11 Å². The molecule has 1 fully saturated rings. The molecule has 1 aliphatic rings. The molecule has 2 heterocycles. The van der Waals surface area contributed by atoms with Gasteiger partial charge in [-0.25, -0.2) is 4.98 Å². The van der Waals surface area contributed by atoms with Gasteiger partial charge in [0.15, 0.2) is 17.0 Å². The van der Waals surface area contributed by atoms with E-state index in [4.69, 9.17) is 22.3 Å². The maximum Gasteiger partial charge on any atom is 0.227 e. The van der Waals surface area contributed by atoms with E-state index in [-0.39, 0.29) is 5.75 Å². The highest BCUT2D eigenvalue weighted by Crippen LogP contribution is 2.29. The van der Waals surface area contributed by atoms with Crippen molar-refractivity contribution in [1.29, 1.82) is 0 Å². The van der Waals surface area contributed by atoms with Gasteiger partial charge in [-0.1, -0.05) is 23.7 Å². The van der Waals surface area contributed by atoms with Crippen LogP contribution in [-0.4, -0.2) is 36.7 Å². The van der Waals surface area contributed by atoms with Gasteiger partial charge in [-0.2, -0.15) is 9.97 Å². The number of nitrogens with zero attached hydrogens (tertiary/aromatic N) is 4. The number of aromatic nitrogens is 4. The zero-order valence-electron chi connectivity index (χ0n) is 16.4. The average Bonchev–Trinajstić information content (AvgIpc) is 3.14. The number of para-hydroxylation sites is 1. The molecule has 8 nitrogen and oxygen atoms in total. The van der Waals surface area contributed by atoms with Crippen molar-refractivity contribution < 1.29 is 5.11 Å². The molecule has 0 radical (unpaired) electrons. The van der Waals surface area contributed by atoms with Crippen LogP contribution in [0.3, 0.4) is 0 Å². The molecule has 1 saturated carbocycles. The fourth-order valence-corrected chi connectivity index (χ4v) is 3.89. The summed E-state index contributed by atoms with van der Waals surface area (Å²) in [5.41, 5.74) is 8.18. The van der Waals surface area contributed by atoms with Gasteiger partial charge < -0.3 is 26.0 Å². The third-order valence-corrected chi connectivity index (χ3v) is 5.73. The summed E-state index contributed by atoms with van der Waals surface area (Å²) in [5, 5.41) is 17.3. The van der Waals surface area contributed by atoms with Crippen LogP contribution < -0.4 is 16.4 Å². The number of hydrogen-bond acceptors (Lipinski definition) is 7. The van der Waals surface area contributed by atoms with Crippen LogP contribution in [0.4, 0.5) is 11.8 Å². The third-order valence-electron chi connectivity index (χ3n) is 5.43. The Kier molecular flexibility index (Phi) is 5.73. The standard InChI is InChI=1S/C20H26ClN7O/c1-2-28-11-24-16-18(23-10-12-4-3-5-15(21)17(12)29)26-20(27-19(16)28)25-14-8-6-13(22)7-9-14/h3-5,11,13-14,29H,2,6-10,22H2,1H3,(H2,23,25,26,27). The molecule has 1 aliphatic carbocycles. The molecule has 5 N–H and O–H groups in total. The summed E-state index contributed by atoms with van der Waals surface area (Å²) in [6.07, 6.45) is 5.80. The fraction of sp³-hybridized carbons (Fsp3) is 0.450. The summed E-state index contributed by atoms with van der Waals surface area (Å²) < 4.78 is 1.99. The molecule has 4 rings (SSSR count). The number of imidazole rings is 1. The van der Waals surface area contributed by atoms with Gasteiger partial charge in [0, 0.05) is 30.7 Å². The molecule has 29 heavy (non-hydrogen) atoms. The second-order valence-corrected chi connectivity index (χ2v) is 7.86. The number of aryl methyl sites for hydroxylation is 1. The first-order chi connectivity index (χ1) is 14.0. The lowest BCUT2D eigenvalue weighted by atomic mass is 9.92. The zero-order chi connectivity index (χ0) is 20.4. The molecule has 0 bridgehead atoms. The summed E-state index contributed by atoms with van der Waals surface area (Å²) in [6.45, 7) is 3.19. The Bertz CT molecular complexity index is 998. The van der Waals surface area contributed by atoms with E-state index < -0.39 is 0 Å². The molecule has 9 heteroatoms. The monoisotopic (exact) mass is 415 g/mol. The van der Waals surface area contributed by atoms with Gasteiger partial charge in [-0.05, 0) is 38.7 Å². The molecule has 0 aliphatic heterocycles. The van der Waals surface area contributed by atoms with Crippen molar-refractivity contribution >= 4 is 34.5 Å². The second-order valence-electron chi connectivity index (χ2n) is 7.46. The van der Waals surface area contributed by atoms with Crippen LogP contribution in [0.15, 0.2) is 24.5 Å². The summed E-state index contributed by atoms with van der Waals surface area (Å²) in [5.74, 6) is 1.27. The minimum absolute atomic E-state index is 0.0722. The highest BCUT2D eigenvalue weighted by molar-refractivity contribution is 6.32. The molecular weight excluding hydrogens is 390 g/mol. The number of aromatic hydroxyl groups is 1. The van der Waals surface area contributed by atoms with Crippen LogP contribution in [0.2, 0.25) is 5.02 Å². The normalized spacial score (nSPS) is 19.4. The summed E-state index contributed by atoms with van der Waals surface area (Å²) in [6, 6.07) is 5.89. The van der Waals surface area contributed by atoms with Crippen LogP contribution in [0.5, 0.6) is 5.75 Å². The van der Waals surface area contributed by atoms with Crippen molar-refractivity contribution in [3.8, 4) is 5.75 Å².